The Labute approximate surface area is 177 Å². The van der Waals surface area contributed by atoms with Crippen LogP contribution in [0.15, 0.2) is 61.2 Å². The van der Waals surface area contributed by atoms with Gasteiger partial charge in [0.2, 0.25) is 5.88 Å². The van der Waals surface area contributed by atoms with Gasteiger partial charge >= 0.3 is 0 Å². The van der Waals surface area contributed by atoms with Gasteiger partial charge in [0.1, 0.15) is 11.9 Å². The highest BCUT2D eigenvalue weighted by Gasteiger charge is 2.19. The minimum Gasteiger partial charge on any atom is -0.471 e. The topological polar surface area (TPSA) is 89.9 Å². The fourth-order valence-corrected chi connectivity index (χ4v) is 3.28. The molecule has 1 fully saturated rings. The lowest BCUT2D eigenvalue weighted by Gasteiger charge is -2.27. The Morgan fingerprint density at radius 3 is 2.68 bits per heavy atom. The number of aromatic nitrogens is 4. The van der Waals surface area contributed by atoms with Crippen molar-refractivity contribution in [3.05, 3.63) is 78.3 Å². The van der Waals surface area contributed by atoms with Crippen molar-refractivity contribution in [2.24, 2.45) is 0 Å². The summed E-state index contributed by atoms with van der Waals surface area (Å²) in [5, 5.41) is 3.99. The summed E-state index contributed by atoms with van der Waals surface area (Å²) in [5.74, 6) is -0.0255. The van der Waals surface area contributed by atoms with Crippen LogP contribution in [0.2, 0.25) is 0 Å². The van der Waals surface area contributed by atoms with Gasteiger partial charge in [0.25, 0.3) is 0 Å². The average molecular weight is 415 g/mol. The van der Waals surface area contributed by atoms with Gasteiger partial charge in [-0.25, -0.2) is 9.37 Å². The molecule has 4 heterocycles. The molecule has 31 heavy (non-hydrogen) atoms. The summed E-state index contributed by atoms with van der Waals surface area (Å²) in [4.78, 5) is 30.1. The monoisotopic (exact) mass is 415 g/mol. The molecule has 3 aromatic heterocycles. The maximum atomic E-state index is 13.1. The molecule has 0 atom stereocenters. The van der Waals surface area contributed by atoms with E-state index in [1.807, 2.05) is 12.1 Å². The van der Waals surface area contributed by atoms with Crippen LogP contribution in [-0.4, -0.2) is 44.9 Å². The van der Waals surface area contributed by atoms with Crippen molar-refractivity contribution in [3.63, 3.8) is 0 Å². The lowest BCUT2D eigenvalue weighted by Crippen LogP contribution is -2.50. The molecule has 7 nitrogen and oxygen atoms in total. The van der Waals surface area contributed by atoms with Crippen LogP contribution < -0.4 is 10.1 Å². The first-order valence-electron chi connectivity index (χ1n) is 9.87. The second-order valence-electron chi connectivity index (χ2n) is 7.34. The van der Waals surface area contributed by atoms with Gasteiger partial charge in [0.05, 0.1) is 36.2 Å². The highest BCUT2D eigenvalue weighted by molar-refractivity contribution is 5.97. The number of hydrogen-bond acceptors (Lipinski definition) is 7. The minimum absolute atomic E-state index is 0.115. The van der Waals surface area contributed by atoms with E-state index in [9.17, 15) is 9.18 Å². The predicted molar refractivity (Wildman–Crippen MR) is 112 cm³/mol. The number of rotatable bonds is 6. The summed E-state index contributed by atoms with van der Waals surface area (Å²) >= 11 is 0. The van der Waals surface area contributed by atoms with Crippen molar-refractivity contribution < 1.29 is 13.9 Å². The first kappa shape index (κ1) is 19.2. The zero-order valence-corrected chi connectivity index (χ0v) is 16.5. The van der Waals surface area contributed by atoms with E-state index in [2.05, 4.69) is 25.3 Å². The molecule has 0 spiro atoms. The molecule has 1 aliphatic rings. The van der Waals surface area contributed by atoms with Crippen LogP contribution in [0.3, 0.4) is 0 Å². The number of pyridine rings is 2. The van der Waals surface area contributed by atoms with E-state index in [0.717, 1.165) is 24.0 Å². The van der Waals surface area contributed by atoms with E-state index < -0.39 is 0 Å². The highest BCUT2D eigenvalue weighted by Crippen LogP contribution is 2.23. The van der Waals surface area contributed by atoms with Crippen molar-refractivity contribution in [2.75, 3.05) is 13.1 Å². The number of nitrogens with zero attached hydrogens (tertiary/aromatic N) is 4. The molecule has 154 valence electrons. The number of carbonyl (C=O) groups is 1. The van der Waals surface area contributed by atoms with E-state index in [1.165, 1.54) is 24.3 Å². The molecule has 5 rings (SSSR count). The Morgan fingerprint density at radius 1 is 1.06 bits per heavy atom. The van der Waals surface area contributed by atoms with Gasteiger partial charge in [-0.3, -0.25) is 19.7 Å². The lowest BCUT2D eigenvalue weighted by atomic mass is 10.0. The molecule has 1 N–H and O–H groups in total. The summed E-state index contributed by atoms with van der Waals surface area (Å²) in [6, 6.07) is 9.28. The van der Waals surface area contributed by atoms with Crippen LogP contribution >= 0.6 is 0 Å². The van der Waals surface area contributed by atoms with Crippen molar-refractivity contribution in [3.8, 4) is 17.1 Å². The molecule has 0 amide bonds. The van der Waals surface area contributed by atoms with E-state index in [-0.39, 0.29) is 24.1 Å². The average Bonchev–Trinajstić information content (AvgIpc) is 2.76. The molecule has 4 aromatic rings. The SMILES string of the molecule is O=C(Cc1cc2cc(-c3cncc(OC4CNC4)n3)cnc2cn1)c1ccc(F)cc1. The molecule has 0 unspecified atom stereocenters. The van der Waals surface area contributed by atoms with E-state index in [0.29, 0.717) is 28.3 Å². The quantitative estimate of drug-likeness (QED) is 0.484. The fraction of sp³-hybridized carbons (Fsp3) is 0.174. The van der Waals surface area contributed by atoms with Gasteiger partial charge in [-0.1, -0.05) is 0 Å². The number of fused-ring (bicyclic) bond motifs is 1. The van der Waals surface area contributed by atoms with Gasteiger partial charge in [0, 0.05) is 41.5 Å². The van der Waals surface area contributed by atoms with Gasteiger partial charge in [0.15, 0.2) is 5.78 Å². The summed E-state index contributed by atoms with van der Waals surface area (Å²) < 4.78 is 18.9. The number of ether oxygens (including phenoxy) is 1. The Bertz CT molecular complexity index is 1260. The fourth-order valence-electron chi connectivity index (χ4n) is 3.28. The normalized spacial score (nSPS) is 13.7. The molecule has 1 aromatic carbocycles. The second kappa shape index (κ2) is 8.16. The van der Waals surface area contributed by atoms with Crippen LogP contribution in [0.1, 0.15) is 16.1 Å². The number of hydrogen-bond donors (Lipinski definition) is 1. The number of ketones is 1. The molecule has 0 radical (unpaired) electrons. The molecule has 8 heteroatoms. The largest absolute Gasteiger partial charge is 0.471 e. The predicted octanol–water partition coefficient (Wildman–Crippen LogP) is 3.00. The Morgan fingerprint density at radius 2 is 1.90 bits per heavy atom. The zero-order chi connectivity index (χ0) is 21.2. The number of nitrogens with one attached hydrogen (secondary N) is 1. The van der Waals surface area contributed by atoms with Crippen LogP contribution in [0.4, 0.5) is 4.39 Å². The van der Waals surface area contributed by atoms with E-state index >= 15 is 0 Å². The minimum atomic E-state index is -0.374. The Hall–Kier alpha value is -3.78. The van der Waals surface area contributed by atoms with Crippen LogP contribution in [-0.2, 0) is 6.42 Å². The van der Waals surface area contributed by atoms with Crippen molar-refractivity contribution in [2.45, 2.75) is 12.5 Å². The van der Waals surface area contributed by atoms with Gasteiger partial charge in [-0.15, -0.1) is 0 Å². The smallest absolute Gasteiger partial charge is 0.233 e. The molecule has 0 saturated carbocycles. The summed E-state index contributed by atoms with van der Waals surface area (Å²) in [6.07, 6.45) is 6.85. The summed E-state index contributed by atoms with van der Waals surface area (Å²) in [6.45, 7) is 1.60. The van der Waals surface area contributed by atoms with Gasteiger partial charge in [-0.2, -0.15) is 0 Å². The standard InChI is InChI=1S/C23H18FN5O2/c24-17-3-1-14(2-4-17)22(30)7-18-6-15-5-16(8-28-20(15)12-27-18)21-11-26-13-23(29-21)31-19-9-25-10-19/h1-6,8,11-13,19,25H,7,9-10H2. The molecule has 0 bridgehead atoms. The molecule has 1 saturated heterocycles. The first-order chi connectivity index (χ1) is 15.1. The number of benzene rings is 1. The number of carbonyl (C=O) groups excluding carboxylic acids is 1. The zero-order valence-electron chi connectivity index (χ0n) is 16.5. The Kier molecular flexibility index (Phi) is 5.05. The molecule has 1 aliphatic heterocycles. The third kappa shape index (κ3) is 4.24. The third-order valence-electron chi connectivity index (χ3n) is 5.07. The molecular formula is C23H18FN5O2. The first-order valence-corrected chi connectivity index (χ1v) is 9.87. The maximum Gasteiger partial charge on any atom is 0.233 e. The van der Waals surface area contributed by atoms with Crippen molar-refractivity contribution >= 4 is 16.7 Å². The maximum absolute atomic E-state index is 13.1. The van der Waals surface area contributed by atoms with E-state index in [4.69, 9.17) is 4.74 Å². The number of halogens is 1. The summed E-state index contributed by atoms with van der Waals surface area (Å²) in [5.41, 5.74) is 3.21. The van der Waals surface area contributed by atoms with Crippen molar-refractivity contribution in [1.82, 2.24) is 25.3 Å². The van der Waals surface area contributed by atoms with Crippen molar-refractivity contribution in [1.29, 1.82) is 0 Å². The summed E-state index contributed by atoms with van der Waals surface area (Å²) in [7, 11) is 0. The number of Topliss-reactive ketones (excluding diaryl/α,β-unsaturated/α-hetero) is 1. The molecular weight excluding hydrogens is 397 g/mol. The van der Waals surface area contributed by atoms with Crippen LogP contribution in [0.5, 0.6) is 5.88 Å². The highest BCUT2D eigenvalue weighted by atomic mass is 19.1. The van der Waals surface area contributed by atoms with Crippen LogP contribution in [0.25, 0.3) is 22.2 Å². The van der Waals surface area contributed by atoms with Crippen LogP contribution in [0, 0.1) is 5.82 Å². The molecule has 0 aliphatic carbocycles. The Balaban J connectivity index is 1.39. The van der Waals surface area contributed by atoms with Gasteiger partial charge in [-0.05, 0) is 36.4 Å². The lowest BCUT2D eigenvalue weighted by molar-refractivity contribution is 0.0992. The van der Waals surface area contributed by atoms with Gasteiger partial charge < -0.3 is 10.1 Å². The van der Waals surface area contributed by atoms with E-state index in [1.54, 1.807) is 24.8 Å². The second-order valence-corrected chi connectivity index (χ2v) is 7.34. The third-order valence-corrected chi connectivity index (χ3v) is 5.07.